The molecule has 42 heavy (non-hydrogen) atoms. The fraction of sp³-hybridized carbons (Fsp3) is 0.917. The number of hydrogen-bond donors (Lipinski definition) is 1. The molecule has 0 unspecified atom stereocenters. The maximum atomic E-state index is 11.7. The third-order valence-electron chi connectivity index (χ3n) is 7.42. The van der Waals surface area contributed by atoms with Crippen molar-refractivity contribution < 1.29 is 15.0 Å². The molecule has 0 amide bonds. The highest BCUT2D eigenvalue weighted by Crippen LogP contribution is 2.12. The lowest BCUT2D eigenvalue weighted by Gasteiger charge is -2.06. The van der Waals surface area contributed by atoms with Gasteiger partial charge in [0, 0.05) is 18.7 Å². The molecular formula is C36H76N2O3S. The van der Waals surface area contributed by atoms with Crippen molar-refractivity contribution in [1.29, 1.82) is 0 Å². The quantitative estimate of drug-likeness (QED) is 0.0477. The van der Waals surface area contributed by atoms with Gasteiger partial charge in [-0.25, -0.2) is 0 Å². The van der Waals surface area contributed by atoms with Crippen molar-refractivity contribution in [3.05, 3.63) is 12.2 Å². The number of nitrogens with one attached hydrogen (secondary N) is 1. The van der Waals surface area contributed by atoms with E-state index in [4.69, 9.17) is 4.74 Å². The summed E-state index contributed by atoms with van der Waals surface area (Å²) in [5.74, 6) is 1.20. The molecule has 0 aromatic rings. The van der Waals surface area contributed by atoms with Crippen molar-refractivity contribution in [3.8, 4) is 0 Å². The summed E-state index contributed by atoms with van der Waals surface area (Å²) < 4.78 is 5.27. The van der Waals surface area contributed by atoms with Crippen molar-refractivity contribution in [3.63, 3.8) is 0 Å². The SMILES string of the molecule is CCCCCC/C=C\COC(=O)CCCCCCCNCCCCCCCCCCCCCC.CSCCN(C)C.O. The van der Waals surface area contributed by atoms with Gasteiger partial charge >= 0.3 is 5.97 Å². The van der Waals surface area contributed by atoms with E-state index in [1.807, 2.05) is 17.8 Å². The van der Waals surface area contributed by atoms with Gasteiger partial charge in [-0.1, -0.05) is 135 Å². The van der Waals surface area contributed by atoms with Crippen LogP contribution in [0.4, 0.5) is 0 Å². The number of ether oxygens (including phenoxy) is 1. The van der Waals surface area contributed by atoms with Crippen LogP contribution >= 0.6 is 11.8 Å². The lowest BCUT2D eigenvalue weighted by Crippen LogP contribution is -2.16. The van der Waals surface area contributed by atoms with Crippen LogP contribution in [-0.4, -0.2) is 68.7 Å². The molecule has 0 atom stereocenters. The molecule has 0 spiro atoms. The Kier molecular flexibility index (Phi) is 46.5. The van der Waals surface area contributed by atoms with Crippen LogP contribution in [0.25, 0.3) is 0 Å². The smallest absolute Gasteiger partial charge is 0.306 e. The van der Waals surface area contributed by atoms with Crippen molar-refractivity contribution >= 4 is 17.7 Å². The Morgan fingerprint density at radius 2 is 1.12 bits per heavy atom. The van der Waals surface area contributed by atoms with E-state index < -0.39 is 0 Å². The van der Waals surface area contributed by atoms with Crippen LogP contribution in [0, 0.1) is 0 Å². The number of carbonyl (C=O) groups is 1. The van der Waals surface area contributed by atoms with Crippen molar-refractivity contribution in [2.75, 3.05) is 52.3 Å². The fourth-order valence-corrected chi connectivity index (χ4v) is 5.18. The number of hydrogen-bond acceptors (Lipinski definition) is 5. The summed E-state index contributed by atoms with van der Waals surface area (Å²) >= 11 is 1.89. The zero-order chi connectivity index (χ0) is 30.5. The van der Waals surface area contributed by atoms with Gasteiger partial charge < -0.3 is 20.4 Å². The van der Waals surface area contributed by atoms with Crippen LogP contribution in [0.2, 0.25) is 0 Å². The molecule has 0 radical (unpaired) electrons. The predicted molar refractivity (Wildman–Crippen MR) is 191 cm³/mol. The Bertz CT molecular complexity index is 518. The van der Waals surface area contributed by atoms with Crippen molar-refractivity contribution in [2.45, 2.75) is 162 Å². The number of thioether (sulfide) groups is 1. The summed E-state index contributed by atoms with van der Waals surface area (Å²) in [5.41, 5.74) is 0. The van der Waals surface area contributed by atoms with Gasteiger partial charge in [-0.3, -0.25) is 4.79 Å². The zero-order valence-corrected chi connectivity index (χ0v) is 29.9. The van der Waals surface area contributed by atoms with E-state index in [0.717, 1.165) is 25.8 Å². The van der Waals surface area contributed by atoms with Crippen molar-refractivity contribution in [1.82, 2.24) is 10.2 Å². The zero-order valence-electron chi connectivity index (χ0n) is 29.1. The highest BCUT2D eigenvalue weighted by atomic mass is 32.2. The first-order valence-electron chi connectivity index (χ1n) is 17.7. The Labute approximate surface area is 268 Å². The topological polar surface area (TPSA) is 73.1 Å². The van der Waals surface area contributed by atoms with Crippen LogP contribution in [0.15, 0.2) is 12.2 Å². The van der Waals surface area contributed by atoms with Gasteiger partial charge in [-0.05, 0) is 65.5 Å². The molecule has 0 aliphatic rings. The number of allylic oxidation sites excluding steroid dienone is 1. The highest BCUT2D eigenvalue weighted by molar-refractivity contribution is 7.98. The van der Waals surface area contributed by atoms with E-state index >= 15 is 0 Å². The highest BCUT2D eigenvalue weighted by Gasteiger charge is 2.01. The van der Waals surface area contributed by atoms with Gasteiger partial charge in [-0.2, -0.15) is 11.8 Å². The van der Waals surface area contributed by atoms with Gasteiger partial charge in [0.25, 0.3) is 0 Å². The van der Waals surface area contributed by atoms with Crippen LogP contribution < -0.4 is 5.32 Å². The number of carbonyl (C=O) groups excluding carboxylic acids is 1. The molecule has 0 rings (SSSR count). The van der Waals surface area contributed by atoms with E-state index in [0.29, 0.717) is 13.0 Å². The molecule has 0 aliphatic heterocycles. The van der Waals surface area contributed by atoms with Gasteiger partial charge in [-0.15, -0.1) is 0 Å². The van der Waals surface area contributed by atoms with E-state index in [-0.39, 0.29) is 11.4 Å². The van der Waals surface area contributed by atoms with Crippen molar-refractivity contribution in [2.24, 2.45) is 0 Å². The third-order valence-corrected chi connectivity index (χ3v) is 8.01. The lowest BCUT2D eigenvalue weighted by molar-refractivity contribution is -0.142. The second kappa shape index (κ2) is 42.6. The molecule has 0 aromatic carbocycles. The fourth-order valence-electron chi connectivity index (χ4n) is 4.63. The minimum atomic E-state index is -0.0419. The molecule has 6 heteroatoms. The molecule has 0 saturated carbocycles. The molecule has 5 nitrogen and oxygen atoms in total. The maximum Gasteiger partial charge on any atom is 0.306 e. The molecule has 0 fully saturated rings. The third kappa shape index (κ3) is 46.4. The molecule has 0 aliphatic carbocycles. The molecule has 0 bridgehead atoms. The van der Waals surface area contributed by atoms with Gasteiger partial charge in [0.2, 0.25) is 0 Å². The van der Waals surface area contributed by atoms with Crippen LogP contribution in [0.1, 0.15) is 162 Å². The van der Waals surface area contributed by atoms with Gasteiger partial charge in [0.05, 0.1) is 0 Å². The molecule has 0 heterocycles. The summed E-state index contributed by atoms with van der Waals surface area (Å²) in [6.45, 7) is 8.48. The number of esters is 1. The molecule has 0 aromatic heterocycles. The Balaban J connectivity index is -0.00000168. The summed E-state index contributed by atoms with van der Waals surface area (Å²) in [6.07, 6.45) is 35.9. The Morgan fingerprint density at radius 1 is 0.667 bits per heavy atom. The predicted octanol–water partition coefficient (Wildman–Crippen LogP) is 9.77. The van der Waals surface area contributed by atoms with Crippen LogP contribution in [-0.2, 0) is 9.53 Å². The van der Waals surface area contributed by atoms with E-state index in [1.165, 1.54) is 141 Å². The maximum absolute atomic E-state index is 11.7. The second-order valence-electron chi connectivity index (χ2n) is 12.0. The Morgan fingerprint density at radius 3 is 1.57 bits per heavy atom. The minimum Gasteiger partial charge on any atom is -0.461 e. The molecule has 254 valence electrons. The number of rotatable bonds is 31. The summed E-state index contributed by atoms with van der Waals surface area (Å²) in [4.78, 5) is 13.9. The molecule has 0 saturated heterocycles. The van der Waals surface area contributed by atoms with E-state index in [2.05, 4.69) is 50.5 Å². The lowest BCUT2D eigenvalue weighted by atomic mass is 10.1. The first-order chi connectivity index (χ1) is 20.1. The Hall–Kier alpha value is -0.560. The van der Waals surface area contributed by atoms with Crippen LogP contribution in [0.3, 0.4) is 0 Å². The number of nitrogens with zero attached hydrogens (tertiary/aromatic N) is 1. The number of unbranched alkanes of at least 4 members (excludes halogenated alkanes) is 19. The van der Waals surface area contributed by atoms with E-state index in [9.17, 15) is 4.79 Å². The summed E-state index contributed by atoms with van der Waals surface area (Å²) in [6, 6.07) is 0. The minimum absolute atomic E-state index is 0. The normalized spacial score (nSPS) is 11.0. The summed E-state index contributed by atoms with van der Waals surface area (Å²) in [5, 5.41) is 3.60. The van der Waals surface area contributed by atoms with Crippen LogP contribution in [0.5, 0.6) is 0 Å². The van der Waals surface area contributed by atoms with Gasteiger partial charge in [0.1, 0.15) is 6.61 Å². The average molecular weight is 617 g/mol. The monoisotopic (exact) mass is 617 g/mol. The molecule has 3 N–H and O–H groups in total. The first-order valence-corrected chi connectivity index (χ1v) is 19.1. The summed E-state index contributed by atoms with van der Waals surface area (Å²) in [7, 11) is 4.19. The largest absolute Gasteiger partial charge is 0.461 e. The standard InChI is InChI=1S/C31H61NO2.C5H13NS.H2O/c1-3-5-7-9-11-12-13-14-15-16-20-24-28-32-29-25-21-18-19-23-27-31(33)34-30-26-22-17-10-8-6-4-2;1-6(2)4-5-7-3;/h22,26,32H,3-21,23-25,27-30H2,1-2H3;4-5H2,1-3H3;1H2/b26-22-;;. The van der Waals surface area contributed by atoms with Gasteiger partial charge in [0.15, 0.2) is 0 Å². The average Bonchev–Trinajstić information content (AvgIpc) is 2.96. The van der Waals surface area contributed by atoms with E-state index in [1.54, 1.807) is 0 Å². The second-order valence-corrected chi connectivity index (χ2v) is 12.9. The molecular weight excluding hydrogens is 540 g/mol. The first kappa shape index (κ1) is 45.9.